The Morgan fingerprint density at radius 3 is 1.23 bits per heavy atom. The molecule has 0 aromatic carbocycles. The van der Waals surface area contributed by atoms with Crippen molar-refractivity contribution in [2.75, 3.05) is 13.2 Å². The van der Waals surface area contributed by atoms with Crippen LogP contribution in [0.1, 0.15) is 303 Å². The number of carbonyl (C=O) groups is 1. The smallest absolute Gasteiger partial charge is 0.220 e. The molecule has 7 unspecified atom stereocenters. The van der Waals surface area contributed by atoms with Gasteiger partial charge in [0.05, 0.1) is 25.4 Å². The van der Waals surface area contributed by atoms with Crippen molar-refractivity contribution in [1.29, 1.82) is 0 Å². The highest BCUT2D eigenvalue weighted by molar-refractivity contribution is 5.76. The largest absolute Gasteiger partial charge is 0.394 e. The van der Waals surface area contributed by atoms with Crippen LogP contribution in [0.5, 0.6) is 0 Å². The molecule has 0 aromatic rings. The molecule has 78 heavy (non-hydrogen) atoms. The Morgan fingerprint density at radius 1 is 0.449 bits per heavy atom. The maximum Gasteiger partial charge on any atom is 0.220 e. The van der Waals surface area contributed by atoms with E-state index in [1.807, 2.05) is 6.08 Å². The van der Waals surface area contributed by atoms with Gasteiger partial charge in [0.15, 0.2) is 6.29 Å². The Bertz CT molecular complexity index is 1460. The van der Waals surface area contributed by atoms with Crippen molar-refractivity contribution in [3.05, 3.63) is 72.9 Å². The van der Waals surface area contributed by atoms with Crippen LogP contribution >= 0.6 is 0 Å². The maximum absolute atomic E-state index is 13.1. The molecule has 0 saturated carbocycles. The molecule has 0 spiro atoms. The second kappa shape index (κ2) is 57.8. The second-order valence-corrected chi connectivity index (χ2v) is 22.9. The van der Waals surface area contributed by atoms with Crippen molar-refractivity contribution < 1.29 is 39.8 Å². The summed E-state index contributed by atoms with van der Waals surface area (Å²) in [5.41, 5.74) is 0. The van der Waals surface area contributed by atoms with Gasteiger partial charge in [-0.2, -0.15) is 0 Å². The van der Waals surface area contributed by atoms with Crippen molar-refractivity contribution in [2.45, 2.75) is 346 Å². The van der Waals surface area contributed by atoms with Gasteiger partial charge in [-0.05, 0) is 70.6 Å². The van der Waals surface area contributed by atoms with Crippen molar-refractivity contribution in [3.63, 3.8) is 0 Å². The molecule has 1 fully saturated rings. The van der Waals surface area contributed by atoms with Crippen LogP contribution < -0.4 is 5.32 Å². The first-order valence-electron chi connectivity index (χ1n) is 33.2. The minimum absolute atomic E-state index is 0.183. The number of ether oxygens (including phenoxy) is 2. The molecule has 1 heterocycles. The molecule has 1 amide bonds. The normalized spacial score (nSPS) is 19.1. The van der Waals surface area contributed by atoms with E-state index in [-0.39, 0.29) is 12.5 Å². The van der Waals surface area contributed by atoms with Gasteiger partial charge >= 0.3 is 0 Å². The quantitative estimate of drug-likeness (QED) is 0.0261. The Hall–Kier alpha value is -2.37. The van der Waals surface area contributed by atoms with Gasteiger partial charge < -0.3 is 40.3 Å². The maximum atomic E-state index is 13.1. The second-order valence-electron chi connectivity index (χ2n) is 22.9. The third-order valence-electron chi connectivity index (χ3n) is 15.5. The minimum Gasteiger partial charge on any atom is -0.394 e. The minimum atomic E-state index is -1.57. The number of unbranched alkanes of at least 4 members (excludes halogenated alkanes) is 37. The van der Waals surface area contributed by atoms with Crippen molar-refractivity contribution in [3.8, 4) is 0 Å². The fourth-order valence-corrected chi connectivity index (χ4v) is 10.3. The number of carbonyl (C=O) groups excluding carboxylic acids is 1. The summed E-state index contributed by atoms with van der Waals surface area (Å²) in [7, 11) is 0. The molecule has 0 aliphatic carbocycles. The number of allylic oxidation sites excluding steroid dienone is 11. The van der Waals surface area contributed by atoms with Gasteiger partial charge in [0.25, 0.3) is 0 Å². The summed E-state index contributed by atoms with van der Waals surface area (Å²) in [4.78, 5) is 13.1. The molecule has 454 valence electrons. The summed E-state index contributed by atoms with van der Waals surface area (Å²) < 4.78 is 11.3. The van der Waals surface area contributed by atoms with E-state index in [1.165, 1.54) is 218 Å². The zero-order chi connectivity index (χ0) is 56.5. The van der Waals surface area contributed by atoms with E-state index in [0.717, 1.165) is 64.2 Å². The molecule has 1 saturated heterocycles. The summed E-state index contributed by atoms with van der Waals surface area (Å²) in [6.07, 6.45) is 74.5. The highest BCUT2D eigenvalue weighted by Gasteiger charge is 2.44. The summed E-state index contributed by atoms with van der Waals surface area (Å²) in [6, 6.07) is -0.821. The van der Waals surface area contributed by atoms with Crippen LogP contribution in [0.4, 0.5) is 0 Å². The first-order chi connectivity index (χ1) is 38.3. The predicted octanol–water partition coefficient (Wildman–Crippen LogP) is 17.6. The highest BCUT2D eigenvalue weighted by atomic mass is 16.7. The van der Waals surface area contributed by atoms with Crippen molar-refractivity contribution in [2.24, 2.45) is 0 Å². The summed E-state index contributed by atoms with van der Waals surface area (Å²) >= 11 is 0. The van der Waals surface area contributed by atoms with Gasteiger partial charge in [0, 0.05) is 6.42 Å². The Balaban J connectivity index is 2.02. The number of hydrogen-bond acceptors (Lipinski definition) is 8. The average molecular weight is 1100 g/mol. The Labute approximate surface area is 480 Å². The molecule has 7 atom stereocenters. The lowest BCUT2D eigenvalue weighted by Crippen LogP contribution is -2.60. The number of aliphatic hydroxyl groups is 5. The lowest BCUT2D eigenvalue weighted by molar-refractivity contribution is -0.302. The van der Waals surface area contributed by atoms with Crippen LogP contribution in [0.25, 0.3) is 0 Å². The van der Waals surface area contributed by atoms with E-state index in [2.05, 4.69) is 79.9 Å². The van der Waals surface area contributed by atoms with Gasteiger partial charge in [0.2, 0.25) is 5.91 Å². The first kappa shape index (κ1) is 73.6. The van der Waals surface area contributed by atoms with Crippen LogP contribution in [-0.4, -0.2) is 87.5 Å². The van der Waals surface area contributed by atoms with Crippen LogP contribution in [0.3, 0.4) is 0 Å². The van der Waals surface area contributed by atoms with Gasteiger partial charge in [-0.15, -0.1) is 0 Å². The van der Waals surface area contributed by atoms with Crippen LogP contribution in [0, 0.1) is 0 Å². The fourth-order valence-electron chi connectivity index (χ4n) is 10.3. The van der Waals surface area contributed by atoms with E-state index >= 15 is 0 Å². The van der Waals surface area contributed by atoms with Crippen LogP contribution in [-0.2, 0) is 14.3 Å². The number of amides is 1. The average Bonchev–Trinajstić information content (AvgIpc) is 3.46. The molecular weight excluding hydrogens is 971 g/mol. The number of nitrogens with one attached hydrogen (secondary N) is 1. The van der Waals surface area contributed by atoms with Gasteiger partial charge in [0.1, 0.15) is 24.4 Å². The SMILES string of the molecule is CC/C=C\C/C=C\C/C=C\C/C=C\CCCCCCCCCCCCCCCCCCCCCCCCCCCCCCC(=O)NC(COC1OC(CO)C(O)C(O)C1O)C(O)/C=C/CC/C=C/CCCCCCCCCC. The van der Waals surface area contributed by atoms with Gasteiger partial charge in [-0.25, -0.2) is 0 Å². The van der Waals surface area contributed by atoms with Crippen LogP contribution in [0.2, 0.25) is 0 Å². The van der Waals surface area contributed by atoms with E-state index < -0.39 is 49.5 Å². The third-order valence-corrected chi connectivity index (χ3v) is 15.5. The zero-order valence-corrected chi connectivity index (χ0v) is 50.7. The lowest BCUT2D eigenvalue weighted by Gasteiger charge is -2.40. The number of hydrogen-bond donors (Lipinski definition) is 6. The Morgan fingerprint density at radius 2 is 0.808 bits per heavy atom. The lowest BCUT2D eigenvalue weighted by atomic mass is 9.99. The molecule has 6 N–H and O–H groups in total. The van der Waals surface area contributed by atoms with E-state index in [0.29, 0.717) is 6.42 Å². The standard InChI is InChI=1S/C69H125NO8/c1-3-5-7-9-11-13-15-17-19-20-21-22-23-24-25-26-27-28-29-30-31-32-33-34-35-36-37-38-39-40-41-42-43-44-45-47-49-51-53-55-57-59-65(73)70-62(61-77-69-68(76)67(75)66(74)64(60-71)78-69)63(72)58-56-54-52-50-48-46-18-16-14-12-10-8-6-4-2/h5,7,11,13,17,19,21-22,48,50,56,58,62-64,66-69,71-72,74-76H,3-4,6,8-10,12,14-16,18,20,23-47,49,51-55,57,59-61H2,1-2H3,(H,70,73)/b7-5-,13-11-,19-17-,22-21-,50-48+,58-56+. The van der Waals surface area contributed by atoms with E-state index in [1.54, 1.807) is 6.08 Å². The molecule has 1 aliphatic rings. The molecule has 0 radical (unpaired) electrons. The fraction of sp³-hybridized carbons (Fsp3) is 0.812. The number of rotatable bonds is 57. The molecule has 1 rings (SSSR count). The Kier molecular flexibility index (Phi) is 54.6. The van der Waals surface area contributed by atoms with Gasteiger partial charge in [-0.1, -0.05) is 299 Å². The molecule has 9 nitrogen and oxygen atoms in total. The highest BCUT2D eigenvalue weighted by Crippen LogP contribution is 2.23. The van der Waals surface area contributed by atoms with Gasteiger partial charge in [-0.3, -0.25) is 4.79 Å². The van der Waals surface area contributed by atoms with E-state index in [4.69, 9.17) is 9.47 Å². The van der Waals surface area contributed by atoms with Crippen molar-refractivity contribution >= 4 is 5.91 Å². The summed E-state index contributed by atoms with van der Waals surface area (Å²) in [6.45, 7) is 3.66. The molecular formula is C69H125NO8. The predicted molar refractivity (Wildman–Crippen MR) is 332 cm³/mol. The first-order valence-corrected chi connectivity index (χ1v) is 33.2. The van der Waals surface area contributed by atoms with Crippen LogP contribution in [0.15, 0.2) is 72.9 Å². The molecule has 9 heteroatoms. The summed E-state index contributed by atoms with van der Waals surface area (Å²) in [5.74, 6) is -0.183. The molecule has 1 aliphatic heterocycles. The molecule has 0 aromatic heterocycles. The van der Waals surface area contributed by atoms with Crippen molar-refractivity contribution in [1.82, 2.24) is 5.32 Å². The monoisotopic (exact) mass is 1100 g/mol. The number of aliphatic hydroxyl groups excluding tert-OH is 5. The third kappa shape index (κ3) is 46.3. The summed E-state index contributed by atoms with van der Waals surface area (Å²) in [5, 5.41) is 54.5. The molecule has 0 bridgehead atoms. The topological polar surface area (TPSA) is 149 Å². The zero-order valence-electron chi connectivity index (χ0n) is 50.7. The van der Waals surface area contributed by atoms with E-state index in [9.17, 15) is 30.3 Å².